The molecule has 1 atom stereocenters. The lowest BCUT2D eigenvalue weighted by atomic mass is 9.71. The van der Waals surface area contributed by atoms with E-state index in [9.17, 15) is 5.11 Å². The Bertz CT molecular complexity index is 358. The van der Waals surface area contributed by atoms with Crippen molar-refractivity contribution in [1.82, 2.24) is 5.32 Å². The molecule has 1 heterocycles. The number of phenols is 1. The van der Waals surface area contributed by atoms with Crippen LogP contribution in [0.4, 0.5) is 0 Å². The molecule has 88 valence electrons. The van der Waals surface area contributed by atoms with Crippen molar-refractivity contribution in [2.45, 2.75) is 32.6 Å². The second kappa shape index (κ2) is 4.46. The van der Waals surface area contributed by atoms with Gasteiger partial charge in [-0.3, -0.25) is 0 Å². The zero-order valence-electron chi connectivity index (χ0n) is 10.2. The first-order valence-electron chi connectivity index (χ1n) is 6.21. The fourth-order valence-corrected chi connectivity index (χ4v) is 3.01. The highest BCUT2D eigenvalue weighted by atomic mass is 16.3. The van der Waals surface area contributed by atoms with Crippen LogP contribution >= 0.6 is 0 Å². The zero-order chi connectivity index (χ0) is 11.6. The molecule has 1 aliphatic heterocycles. The quantitative estimate of drug-likeness (QED) is 0.819. The molecule has 0 saturated carbocycles. The smallest absolute Gasteiger partial charge is 0.115 e. The molecule has 0 spiro atoms. The van der Waals surface area contributed by atoms with E-state index in [1.54, 1.807) is 6.07 Å². The summed E-state index contributed by atoms with van der Waals surface area (Å²) in [6.45, 7) is 6.67. The van der Waals surface area contributed by atoms with Gasteiger partial charge in [0.05, 0.1) is 0 Å². The van der Waals surface area contributed by atoms with E-state index in [1.165, 1.54) is 18.4 Å². The van der Waals surface area contributed by atoms with E-state index >= 15 is 0 Å². The summed E-state index contributed by atoms with van der Waals surface area (Å²) in [6, 6.07) is 7.74. The van der Waals surface area contributed by atoms with Gasteiger partial charge >= 0.3 is 0 Å². The van der Waals surface area contributed by atoms with E-state index < -0.39 is 0 Å². The van der Waals surface area contributed by atoms with Gasteiger partial charge in [0.15, 0.2) is 0 Å². The third-order valence-electron chi connectivity index (χ3n) is 4.25. The molecule has 0 aromatic heterocycles. The fourth-order valence-electron chi connectivity index (χ4n) is 3.01. The van der Waals surface area contributed by atoms with Crippen molar-refractivity contribution in [2.75, 3.05) is 13.1 Å². The van der Waals surface area contributed by atoms with E-state index in [0.717, 1.165) is 13.1 Å². The van der Waals surface area contributed by atoms with E-state index in [-0.39, 0.29) is 0 Å². The van der Waals surface area contributed by atoms with Crippen LogP contribution in [0.2, 0.25) is 0 Å². The average Bonchev–Trinajstić information content (AvgIpc) is 2.73. The summed E-state index contributed by atoms with van der Waals surface area (Å²) in [7, 11) is 0. The Hall–Kier alpha value is -1.02. The molecule has 2 rings (SSSR count). The third-order valence-corrected chi connectivity index (χ3v) is 4.25. The molecule has 1 aromatic rings. The highest BCUT2D eigenvalue weighted by Gasteiger charge is 2.40. The van der Waals surface area contributed by atoms with Crippen LogP contribution < -0.4 is 5.32 Å². The number of rotatable bonds is 3. The van der Waals surface area contributed by atoms with Gasteiger partial charge in [-0.25, -0.2) is 0 Å². The molecule has 0 unspecified atom stereocenters. The Morgan fingerprint density at radius 2 is 2.12 bits per heavy atom. The van der Waals surface area contributed by atoms with Crippen LogP contribution in [0.25, 0.3) is 0 Å². The molecular weight excluding hydrogens is 198 g/mol. The molecule has 2 nitrogen and oxygen atoms in total. The molecule has 16 heavy (non-hydrogen) atoms. The van der Waals surface area contributed by atoms with Crippen LogP contribution in [0.5, 0.6) is 5.75 Å². The van der Waals surface area contributed by atoms with E-state index in [0.29, 0.717) is 17.1 Å². The number of nitrogens with one attached hydrogen (secondary N) is 1. The fraction of sp³-hybridized carbons (Fsp3) is 0.571. The minimum absolute atomic E-state index is 0.369. The largest absolute Gasteiger partial charge is 0.508 e. The topological polar surface area (TPSA) is 32.3 Å². The van der Waals surface area contributed by atoms with Crippen molar-refractivity contribution in [3.8, 4) is 5.75 Å². The van der Waals surface area contributed by atoms with Gasteiger partial charge in [0, 0.05) is 19.0 Å². The van der Waals surface area contributed by atoms with Gasteiger partial charge in [-0.05, 0) is 36.0 Å². The molecular formula is C14H21NO. The first-order chi connectivity index (χ1) is 7.72. The average molecular weight is 219 g/mol. The molecule has 0 radical (unpaired) electrons. The van der Waals surface area contributed by atoms with E-state index in [2.05, 4.69) is 25.2 Å². The van der Waals surface area contributed by atoms with Crippen molar-refractivity contribution in [3.05, 3.63) is 29.8 Å². The predicted molar refractivity (Wildman–Crippen MR) is 66.7 cm³/mol. The van der Waals surface area contributed by atoms with Crippen LogP contribution in [0.1, 0.15) is 38.2 Å². The lowest BCUT2D eigenvalue weighted by molar-refractivity contribution is 0.260. The van der Waals surface area contributed by atoms with Crippen molar-refractivity contribution in [1.29, 1.82) is 0 Å². The van der Waals surface area contributed by atoms with Gasteiger partial charge in [0.25, 0.3) is 0 Å². The molecule has 1 aromatic carbocycles. The van der Waals surface area contributed by atoms with Gasteiger partial charge in [-0.2, -0.15) is 0 Å². The molecule has 1 fully saturated rings. The maximum absolute atomic E-state index is 9.57. The molecule has 1 aliphatic rings. The second-order valence-electron chi connectivity index (χ2n) is 4.85. The zero-order valence-corrected chi connectivity index (χ0v) is 10.2. The van der Waals surface area contributed by atoms with Crippen LogP contribution in [-0.4, -0.2) is 18.2 Å². The standard InChI is InChI=1S/C14H21NO/c1-3-14(4-2)10-15-9-13(14)11-6-5-7-12(16)8-11/h5-8,13,15-16H,3-4,9-10H2,1-2H3/t13-/m0/s1. The molecule has 0 aliphatic carbocycles. The SMILES string of the molecule is CCC1(CC)CNC[C@H]1c1cccc(O)c1. The Labute approximate surface area is 97.7 Å². The van der Waals surface area contributed by atoms with Crippen molar-refractivity contribution in [3.63, 3.8) is 0 Å². The van der Waals surface area contributed by atoms with Crippen LogP contribution in [0, 0.1) is 5.41 Å². The summed E-state index contributed by atoms with van der Waals surface area (Å²) in [5, 5.41) is 13.1. The monoisotopic (exact) mass is 219 g/mol. The molecule has 0 amide bonds. The highest BCUT2D eigenvalue weighted by molar-refractivity contribution is 5.32. The molecule has 2 N–H and O–H groups in total. The molecule has 0 bridgehead atoms. The number of hydrogen-bond donors (Lipinski definition) is 2. The molecule has 1 saturated heterocycles. The maximum Gasteiger partial charge on any atom is 0.115 e. The van der Waals surface area contributed by atoms with Gasteiger partial charge in [0.2, 0.25) is 0 Å². The van der Waals surface area contributed by atoms with Gasteiger partial charge in [0.1, 0.15) is 5.75 Å². The number of hydrogen-bond acceptors (Lipinski definition) is 2. The summed E-state index contributed by atoms with van der Waals surface area (Å²) in [5.41, 5.74) is 1.64. The summed E-state index contributed by atoms with van der Waals surface area (Å²) in [6.07, 6.45) is 2.38. The number of benzene rings is 1. The van der Waals surface area contributed by atoms with Gasteiger partial charge in [-0.15, -0.1) is 0 Å². The highest BCUT2D eigenvalue weighted by Crippen LogP contribution is 2.44. The van der Waals surface area contributed by atoms with Gasteiger partial charge in [-0.1, -0.05) is 26.0 Å². The van der Waals surface area contributed by atoms with Crippen molar-refractivity contribution in [2.24, 2.45) is 5.41 Å². The summed E-state index contributed by atoms with van der Waals surface area (Å²) in [4.78, 5) is 0. The Kier molecular flexibility index (Phi) is 3.20. The lowest BCUT2D eigenvalue weighted by Crippen LogP contribution is -2.27. The summed E-state index contributed by atoms with van der Waals surface area (Å²) >= 11 is 0. The van der Waals surface area contributed by atoms with E-state index in [1.807, 2.05) is 12.1 Å². The van der Waals surface area contributed by atoms with Crippen LogP contribution in [-0.2, 0) is 0 Å². The van der Waals surface area contributed by atoms with Crippen molar-refractivity contribution < 1.29 is 5.11 Å². The van der Waals surface area contributed by atoms with Crippen LogP contribution in [0.3, 0.4) is 0 Å². The first kappa shape index (κ1) is 11.5. The Morgan fingerprint density at radius 3 is 2.75 bits per heavy atom. The Balaban J connectivity index is 2.32. The van der Waals surface area contributed by atoms with Crippen LogP contribution in [0.15, 0.2) is 24.3 Å². The summed E-state index contributed by atoms with van der Waals surface area (Å²) in [5.74, 6) is 0.917. The number of aromatic hydroxyl groups is 1. The normalized spacial score (nSPS) is 23.5. The minimum Gasteiger partial charge on any atom is -0.508 e. The maximum atomic E-state index is 9.57. The van der Waals surface area contributed by atoms with E-state index in [4.69, 9.17) is 0 Å². The van der Waals surface area contributed by atoms with Gasteiger partial charge < -0.3 is 10.4 Å². The van der Waals surface area contributed by atoms with Crippen molar-refractivity contribution >= 4 is 0 Å². The minimum atomic E-state index is 0.369. The Morgan fingerprint density at radius 1 is 1.38 bits per heavy atom. The lowest BCUT2D eigenvalue weighted by Gasteiger charge is -2.33. The first-order valence-corrected chi connectivity index (χ1v) is 6.21. The third kappa shape index (κ3) is 1.82. The number of phenolic OH excluding ortho intramolecular Hbond substituents is 1. The predicted octanol–water partition coefficient (Wildman–Crippen LogP) is 2.89. The second-order valence-corrected chi connectivity index (χ2v) is 4.85. The summed E-state index contributed by atoms with van der Waals surface area (Å²) < 4.78 is 0. The molecule has 2 heteroatoms.